The van der Waals surface area contributed by atoms with Crippen LogP contribution < -0.4 is 5.32 Å². The number of rotatable bonds is 5. The third-order valence-electron chi connectivity index (χ3n) is 4.39. The summed E-state index contributed by atoms with van der Waals surface area (Å²) in [6, 6.07) is 8.64. The van der Waals surface area contributed by atoms with Crippen LogP contribution in [0.2, 0.25) is 5.02 Å². The Kier molecular flexibility index (Phi) is 5.36. The fourth-order valence-electron chi connectivity index (χ4n) is 3.21. The van der Waals surface area contributed by atoms with Gasteiger partial charge in [-0.05, 0) is 31.2 Å². The molecule has 1 aromatic carbocycles. The fraction of sp³-hybridized carbons (Fsp3) is 0.625. The van der Waals surface area contributed by atoms with Crippen molar-refractivity contribution in [3.8, 4) is 0 Å². The maximum absolute atomic E-state index is 5.99. The first-order valence-corrected chi connectivity index (χ1v) is 8.23. The predicted octanol–water partition coefficient (Wildman–Crippen LogP) is 2.16. The van der Waals surface area contributed by atoms with Gasteiger partial charge >= 0.3 is 0 Å². The van der Waals surface area contributed by atoms with Gasteiger partial charge in [-0.25, -0.2) is 0 Å². The zero-order valence-electron chi connectivity index (χ0n) is 12.4. The number of halogens is 1. The molecule has 0 aromatic heterocycles. The van der Waals surface area contributed by atoms with E-state index in [-0.39, 0.29) is 0 Å². The summed E-state index contributed by atoms with van der Waals surface area (Å²) in [6.45, 7) is 8.44. The molecule has 1 atom stereocenters. The van der Waals surface area contributed by atoms with E-state index in [1.807, 2.05) is 18.2 Å². The van der Waals surface area contributed by atoms with Crippen LogP contribution in [-0.2, 0) is 4.74 Å². The van der Waals surface area contributed by atoms with E-state index >= 15 is 0 Å². The second-order valence-electron chi connectivity index (χ2n) is 5.83. The largest absolute Gasteiger partial charge is 0.384 e. The van der Waals surface area contributed by atoms with Crippen molar-refractivity contribution >= 4 is 17.3 Å². The molecule has 5 heteroatoms. The average molecular weight is 310 g/mol. The van der Waals surface area contributed by atoms with Gasteiger partial charge in [0.05, 0.1) is 13.2 Å². The van der Waals surface area contributed by atoms with E-state index in [1.165, 1.54) is 19.5 Å². The number of morpholine rings is 1. The zero-order valence-corrected chi connectivity index (χ0v) is 13.2. The molecule has 21 heavy (non-hydrogen) atoms. The lowest BCUT2D eigenvalue weighted by Crippen LogP contribution is -2.44. The lowest BCUT2D eigenvalue weighted by atomic mass is 10.2. The van der Waals surface area contributed by atoms with Gasteiger partial charge < -0.3 is 10.1 Å². The number of hydrogen-bond donors (Lipinski definition) is 1. The second-order valence-corrected chi connectivity index (χ2v) is 6.27. The first kappa shape index (κ1) is 15.1. The van der Waals surface area contributed by atoms with Crippen LogP contribution >= 0.6 is 11.6 Å². The number of likely N-dealkylation sites (tertiary alicyclic amines) is 1. The lowest BCUT2D eigenvalue weighted by Gasteiger charge is -2.32. The number of anilines is 1. The van der Waals surface area contributed by atoms with Gasteiger partial charge in [0.15, 0.2) is 0 Å². The van der Waals surface area contributed by atoms with Crippen molar-refractivity contribution in [3.05, 3.63) is 29.3 Å². The Hall–Kier alpha value is -0.810. The highest BCUT2D eigenvalue weighted by molar-refractivity contribution is 6.30. The first-order valence-electron chi connectivity index (χ1n) is 7.85. The highest BCUT2D eigenvalue weighted by atomic mass is 35.5. The summed E-state index contributed by atoms with van der Waals surface area (Å²) < 4.78 is 5.43. The summed E-state index contributed by atoms with van der Waals surface area (Å²) >= 11 is 5.99. The Morgan fingerprint density at radius 1 is 1.24 bits per heavy atom. The summed E-state index contributed by atoms with van der Waals surface area (Å²) in [4.78, 5) is 5.14. The molecule has 1 N–H and O–H groups in total. The molecule has 0 spiro atoms. The predicted molar refractivity (Wildman–Crippen MR) is 87.2 cm³/mol. The normalized spacial score (nSPS) is 24.3. The SMILES string of the molecule is Clc1cccc(NCCN2CCC(N3CCOCC3)C2)c1. The molecule has 2 heterocycles. The topological polar surface area (TPSA) is 27.7 Å². The van der Waals surface area contributed by atoms with E-state index in [9.17, 15) is 0 Å². The van der Waals surface area contributed by atoms with Crippen LogP contribution in [0.1, 0.15) is 6.42 Å². The van der Waals surface area contributed by atoms with E-state index < -0.39 is 0 Å². The highest BCUT2D eigenvalue weighted by Gasteiger charge is 2.28. The van der Waals surface area contributed by atoms with E-state index in [2.05, 4.69) is 21.2 Å². The van der Waals surface area contributed by atoms with E-state index in [0.29, 0.717) is 0 Å². The molecule has 1 aromatic rings. The van der Waals surface area contributed by atoms with Crippen molar-refractivity contribution in [1.82, 2.24) is 9.80 Å². The summed E-state index contributed by atoms with van der Waals surface area (Å²) in [7, 11) is 0. The van der Waals surface area contributed by atoms with Crippen molar-refractivity contribution < 1.29 is 4.74 Å². The van der Waals surface area contributed by atoms with E-state index in [1.54, 1.807) is 0 Å². The molecule has 2 saturated heterocycles. The zero-order chi connectivity index (χ0) is 14.5. The third-order valence-corrected chi connectivity index (χ3v) is 4.63. The Bertz CT molecular complexity index is 451. The molecule has 0 aliphatic carbocycles. The number of nitrogens with zero attached hydrogens (tertiary/aromatic N) is 2. The molecule has 116 valence electrons. The summed E-state index contributed by atoms with van der Waals surface area (Å²) in [6.07, 6.45) is 1.29. The molecule has 3 rings (SSSR count). The maximum atomic E-state index is 5.99. The van der Waals surface area contributed by atoms with Gasteiger partial charge in [0.1, 0.15) is 0 Å². The van der Waals surface area contributed by atoms with Crippen molar-refractivity contribution in [2.24, 2.45) is 0 Å². The van der Waals surface area contributed by atoms with Gasteiger partial charge in [0, 0.05) is 49.5 Å². The van der Waals surface area contributed by atoms with Crippen LogP contribution in [0.3, 0.4) is 0 Å². The number of nitrogens with one attached hydrogen (secondary N) is 1. The van der Waals surface area contributed by atoms with Gasteiger partial charge in [-0.15, -0.1) is 0 Å². The Morgan fingerprint density at radius 2 is 2.10 bits per heavy atom. The molecular formula is C16H24ClN3O. The summed E-state index contributed by atoms with van der Waals surface area (Å²) in [5.41, 5.74) is 1.10. The number of benzene rings is 1. The van der Waals surface area contributed by atoms with Gasteiger partial charge in [-0.2, -0.15) is 0 Å². The maximum Gasteiger partial charge on any atom is 0.0594 e. The second kappa shape index (κ2) is 7.45. The van der Waals surface area contributed by atoms with Gasteiger partial charge in [-0.1, -0.05) is 17.7 Å². The van der Waals surface area contributed by atoms with E-state index in [4.69, 9.17) is 16.3 Å². The molecule has 1 unspecified atom stereocenters. The minimum Gasteiger partial charge on any atom is -0.384 e. The molecule has 2 aliphatic rings. The van der Waals surface area contributed by atoms with Crippen LogP contribution in [-0.4, -0.2) is 68.3 Å². The summed E-state index contributed by atoms with van der Waals surface area (Å²) in [5.74, 6) is 0. The van der Waals surface area contributed by atoms with Crippen molar-refractivity contribution in [3.63, 3.8) is 0 Å². The average Bonchev–Trinajstić information content (AvgIpc) is 2.97. The Morgan fingerprint density at radius 3 is 2.90 bits per heavy atom. The van der Waals surface area contributed by atoms with Crippen LogP contribution in [0, 0.1) is 0 Å². The number of ether oxygens (including phenoxy) is 1. The standard InChI is InChI=1S/C16H24ClN3O/c17-14-2-1-3-15(12-14)18-5-7-19-6-4-16(13-19)20-8-10-21-11-9-20/h1-3,12,16,18H,4-11,13H2. The minimum atomic E-state index is 0.722. The van der Waals surface area contributed by atoms with Gasteiger partial charge in [0.2, 0.25) is 0 Å². The molecular weight excluding hydrogens is 286 g/mol. The van der Waals surface area contributed by atoms with E-state index in [0.717, 1.165) is 56.1 Å². The van der Waals surface area contributed by atoms with Crippen molar-refractivity contribution in [1.29, 1.82) is 0 Å². The molecule has 0 amide bonds. The molecule has 2 fully saturated rings. The highest BCUT2D eigenvalue weighted by Crippen LogP contribution is 2.17. The smallest absolute Gasteiger partial charge is 0.0594 e. The number of hydrogen-bond acceptors (Lipinski definition) is 4. The molecule has 2 aliphatic heterocycles. The van der Waals surface area contributed by atoms with Crippen molar-refractivity contribution in [2.45, 2.75) is 12.5 Å². The minimum absolute atomic E-state index is 0.722. The molecule has 4 nitrogen and oxygen atoms in total. The third kappa shape index (κ3) is 4.33. The Balaban J connectivity index is 1.38. The van der Waals surface area contributed by atoms with Crippen LogP contribution in [0.5, 0.6) is 0 Å². The lowest BCUT2D eigenvalue weighted by molar-refractivity contribution is 0.0186. The van der Waals surface area contributed by atoms with Crippen LogP contribution in [0.15, 0.2) is 24.3 Å². The van der Waals surface area contributed by atoms with Crippen molar-refractivity contribution in [2.75, 3.05) is 57.8 Å². The Labute approximate surface area is 132 Å². The first-order chi connectivity index (χ1) is 10.3. The van der Waals surface area contributed by atoms with Gasteiger partial charge in [-0.3, -0.25) is 9.80 Å². The van der Waals surface area contributed by atoms with Crippen LogP contribution in [0.25, 0.3) is 0 Å². The molecule has 0 bridgehead atoms. The molecule has 0 saturated carbocycles. The monoisotopic (exact) mass is 309 g/mol. The molecule has 0 radical (unpaired) electrons. The fourth-order valence-corrected chi connectivity index (χ4v) is 3.40. The summed E-state index contributed by atoms with van der Waals surface area (Å²) in [5, 5.41) is 4.23. The van der Waals surface area contributed by atoms with Gasteiger partial charge in [0.25, 0.3) is 0 Å². The van der Waals surface area contributed by atoms with Crippen LogP contribution in [0.4, 0.5) is 5.69 Å². The quantitative estimate of drug-likeness (QED) is 0.902.